The molecule has 2 saturated heterocycles. The van der Waals surface area contributed by atoms with E-state index in [1.807, 2.05) is 17.9 Å². The molecule has 3 heterocycles. The minimum Gasteiger partial charge on any atom is -0.368 e. The van der Waals surface area contributed by atoms with Gasteiger partial charge in [0, 0.05) is 51.1 Å². The number of hydrogen-bond acceptors (Lipinski definition) is 5. The minimum absolute atomic E-state index is 0.270. The second kappa shape index (κ2) is 5.75. The van der Waals surface area contributed by atoms with Gasteiger partial charge in [-0.15, -0.1) is 0 Å². The standard InChI is InChI=1S/C14H21N5O/c1-10-17-12(11-8-15-9-11)7-13(18-10)16-4-6-19-5-2-3-14(19)20/h7,11,15H,2-6,8-9H2,1H3,(H,16,17,18). The number of carbonyl (C=O) groups is 1. The summed E-state index contributed by atoms with van der Waals surface area (Å²) in [6.07, 6.45) is 1.69. The zero-order valence-corrected chi connectivity index (χ0v) is 11.9. The second-order valence-corrected chi connectivity index (χ2v) is 5.49. The molecule has 1 aromatic heterocycles. The van der Waals surface area contributed by atoms with E-state index in [9.17, 15) is 4.79 Å². The molecule has 6 nitrogen and oxygen atoms in total. The van der Waals surface area contributed by atoms with Crippen molar-refractivity contribution in [2.24, 2.45) is 0 Å². The van der Waals surface area contributed by atoms with Crippen molar-refractivity contribution in [2.45, 2.75) is 25.7 Å². The summed E-state index contributed by atoms with van der Waals surface area (Å²) in [5, 5.41) is 6.57. The van der Waals surface area contributed by atoms with Crippen LogP contribution in [0.25, 0.3) is 0 Å². The normalized spacial score (nSPS) is 19.2. The highest BCUT2D eigenvalue weighted by Crippen LogP contribution is 2.20. The van der Waals surface area contributed by atoms with Crippen molar-refractivity contribution < 1.29 is 4.79 Å². The molecule has 20 heavy (non-hydrogen) atoms. The maximum atomic E-state index is 11.5. The Hall–Kier alpha value is -1.69. The van der Waals surface area contributed by atoms with Gasteiger partial charge < -0.3 is 15.5 Å². The third-order valence-corrected chi connectivity index (χ3v) is 3.92. The summed E-state index contributed by atoms with van der Waals surface area (Å²) in [7, 11) is 0. The van der Waals surface area contributed by atoms with Crippen LogP contribution < -0.4 is 10.6 Å². The summed E-state index contributed by atoms with van der Waals surface area (Å²) >= 11 is 0. The largest absolute Gasteiger partial charge is 0.368 e. The van der Waals surface area contributed by atoms with Crippen molar-refractivity contribution in [3.05, 3.63) is 17.6 Å². The fourth-order valence-electron chi connectivity index (χ4n) is 2.65. The number of amides is 1. The molecule has 0 radical (unpaired) electrons. The Labute approximate surface area is 119 Å². The summed E-state index contributed by atoms with van der Waals surface area (Å²) in [5.41, 5.74) is 1.11. The average Bonchev–Trinajstić information content (AvgIpc) is 2.72. The van der Waals surface area contributed by atoms with E-state index in [0.717, 1.165) is 56.5 Å². The fourth-order valence-corrected chi connectivity index (χ4v) is 2.65. The molecule has 0 aromatic carbocycles. The van der Waals surface area contributed by atoms with Gasteiger partial charge in [-0.25, -0.2) is 9.97 Å². The zero-order chi connectivity index (χ0) is 13.9. The number of aryl methyl sites for hydroxylation is 1. The van der Waals surface area contributed by atoms with Gasteiger partial charge in [-0.2, -0.15) is 0 Å². The molecule has 0 aliphatic carbocycles. The summed E-state index contributed by atoms with van der Waals surface area (Å²) in [5.74, 6) is 2.45. The van der Waals surface area contributed by atoms with Crippen LogP contribution in [-0.2, 0) is 4.79 Å². The van der Waals surface area contributed by atoms with Gasteiger partial charge in [0.1, 0.15) is 11.6 Å². The molecule has 2 aliphatic heterocycles. The van der Waals surface area contributed by atoms with Crippen LogP contribution in [-0.4, -0.2) is 53.5 Å². The van der Waals surface area contributed by atoms with E-state index in [4.69, 9.17) is 0 Å². The second-order valence-electron chi connectivity index (χ2n) is 5.49. The first kappa shape index (κ1) is 13.3. The number of carbonyl (C=O) groups excluding carboxylic acids is 1. The van der Waals surface area contributed by atoms with Gasteiger partial charge in [-0.05, 0) is 13.3 Å². The number of aromatic nitrogens is 2. The molecule has 2 aliphatic rings. The summed E-state index contributed by atoms with van der Waals surface area (Å²) in [4.78, 5) is 22.4. The van der Waals surface area contributed by atoms with Gasteiger partial charge in [-0.1, -0.05) is 0 Å². The number of nitrogens with zero attached hydrogens (tertiary/aromatic N) is 3. The molecule has 0 spiro atoms. The molecule has 2 N–H and O–H groups in total. The molecule has 108 valence electrons. The number of nitrogens with one attached hydrogen (secondary N) is 2. The maximum Gasteiger partial charge on any atom is 0.222 e. The first-order valence-corrected chi connectivity index (χ1v) is 7.30. The van der Waals surface area contributed by atoms with Gasteiger partial charge in [-0.3, -0.25) is 4.79 Å². The maximum absolute atomic E-state index is 11.5. The van der Waals surface area contributed by atoms with Crippen LogP contribution in [0.5, 0.6) is 0 Å². The SMILES string of the molecule is Cc1nc(NCCN2CCCC2=O)cc(C2CNC2)n1. The third kappa shape index (κ3) is 2.90. The van der Waals surface area contributed by atoms with E-state index in [2.05, 4.69) is 20.6 Å². The molecular weight excluding hydrogens is 254 g/mol. The Bertz CT molecular complexity index is 500. The van der Waals surface area contributed by atoms with E-state index >= 15 is 0 Å². The predicted octanol–water partition coefficient (Wildman–Crippen LogP) is 0.506. The number of anilines is 1. The zero-order valence-electron chi connectivity index (χ0n) is 11.9. The van der Waals surface area contributed by atoms with E-state index in [1.54, 1.807) is 0 Å². The summed E-state index contributed by atoms with van der Waals surface area (Å²) in [6.45, 7) is 6.30. The van der Waals surface area contributed by atoms with Gasteiger partial charge >= 0.3 is 0 Å². The van der Waals surface area contributed by atoms with Crippen molar-refractivity contribution in [1.82, 2.24) is 20.2 Å². The van der Waals surface area contributed by atoms with Gasteiger partial charge in [0.2, 0.25) is 5.91 Å². The molecule has 0 bridgehead atoms. The molecule has 3 rings (SSSR count). The van der Waals surface area contributed by atoms with Crippen LogP contribution >= 0.6 is 0 Å². The molecule has 1 amide bonds. The number of hydrogen-bond donors (Lipinski definition) is 2. The lowest BCUT2D eigenvalue weighted by Crippen LogP contribution is -2.40. The molecule has 1 aromatic rings. The fraction of sp³-hybridized carbons (Fsp3) is 0.643. The van der Waals surface area contributed by atoms with Crippen molar-refractivity contribution in [3.8, 4) is 0 Å². The molecular formula is C14H21N5O. The lowest BCUT2D eigenvalue weighted by atomic mass is 9.99. The highest BCUT2D eigenvalue weighted by molar-refractivity contribution is 5.78. The van der Waals surface area contributed by atoms with Crippen LogP contribution in [0.4, 0.5) is 5.82 Å². The van der Waals surface area contributed by atoms with Crippen molar-refractivity contribution in [1.29, 1.82) is 0 Å². The van der Waals surface area contributed by atoms with Crippen LogP contribution in [0.2, 0.25) is 0 Å². The average molecular weight is 275 g/mol. The van der Waals surface area contributed by atoms with E-state index in [-0.39, 0.29) is 5.91 Å². The van der Waals surface area contributed by atoms with E-state index in [0.29, 0.717) is 12.3 Å². The van der Waals surface area contributed by atoms with Gasteiger partial charge in [0.25, 0.3) is 0 Å². The van der Waals surface area contributed by atoms with Crippen molar-refractivity contribution in [3.63, 3.8) is 0 Å². The van der Waals surface area contributed by atoms with Crippen LogP contribution in [0.15, 0.2) is 6.07 Å². The molecule has 0 atom stereocenters. The lowest BCUT2D eigenvalue weighted by Gasteiger charge is -2.27. The topological polar surface area (TPSA) is 70.2 Å². The number of likely N-dealkylation sites (tertiary alicyclic amines) is 1. The molecule has 2 fully saturated rings. The smallest absolute Gasteiger partial charge is 0.222 e. The predicted molar refractivity (Wildman–Crippen MR) is 76.7 cm³/mol. The third-order valence-electron chi connectivity index (χ3n) is 3.92. The Kier molecular flexibility index (Phi) is 3.82. The molecule has 0 unspecified atom stereocenters. The minimum atomic E-state index is 0.270. The quantitative estimate of drug-likeness (QED) is 0.819. The van der Waals surface area contributed by atoms with Crippen molar-refractivity contribution >= 4 is 11.7 Å². The Morgan fingerprint density at radius 3 is 2.95 bits per heavy atom. The van der Waals surface area contributed by atoms with Crippen LogP contribution in [0, 0.1) is 6.92 Å². The Balaban J connectivity index is 1.56. The highest BCUT2D eigenvalue weighted by atomic mass is 16.2. The first-order chi connectivity index (χ1) is 9.72. The summed E-state index contributed by atoms with van der Waals surface area (Å²) in [6, 6.07) is 2.03. The molecule has 6 heteroatoms. The summed E-state index contributed by atoms with van der Waals surface area (Å²) < 4.78 is 0. The Morgan fingerprint density at radius 2 is 2.30 bits per heavy atom. The molecule has 0 saturated carbocycles. The number of rotatable bonds is 5. The monoisotopic (exact) mass is 275 g/mol. The van der Waals surface area contributed by atoms with Crippen LogP contribution in [0.3, 0.4) is 0 Å². The van der Waals surface area contributed by atoms with E-state index < -0.39 is 0 Å². The van der Waals surface area contributed by atoms with Gasteiger partial charge in [0.05, 0.1) is 5.69 Å². The lowest BCUT2D eigenvalue weighted by molar-refractivity contribution is -0.127. The van der Waals surface area contributed by atoms with Crippen LogP contribution in [0.1, 0.15) is 30.3 Å². The highest BCUT2D eigenvalue weighted by Gasteiger charge is 2.22. The first-order valence-electron chi connectivity index (χ1n) is 7.30. The Morgan fingerprint density at radius 1 is 1.45 bits per heavy atom. The van der Waals surface area contributed by atoms with Gasteiger partial charge in [0.15, 0.2) is 0 Å². The van der Waals surface area contributed by atoms with E-state index in [1.165, 1.54) is 0 Å². The van der Waals surface area contributed by atoms with Crippen molar-refractivity contribution in [2.75, 3.05) is 38.0 Å².